The highest BCUT2D eigenvalue weighted by Crippen LogP contribution is 2.22. The van der Waals surface area contributed by atoms with Gasteiger partial charge in [0.15, 0.2) is 0 Å². The van der Waals surface area contributed by atoms with Crippen LogP contribution >= 0.6 is 0 Å². The van der Waals surface area contributed by atoms with Crippen molar-refractivity contribution in [3.05, 3.63) is 35.1 Å². The Morgan fingerprint density at radius 1 is 1.37 bits per heavy atom. The maximum Gasteiger partial charge on any atom is 0.254 e. The number of carbonyl (C=O) groups excluding carboxylic acids is 1. The molecule has 1 aromatic rings. The van der Waals surface area contributed by atoms with Gasteiger partial charge in [-0.15, -0.1) is 0 Å². The Morgan fingerprint density at radius 2 is 2.00 bits per heavy atom. The van der Waals surface area contributed by atoms with E-state index in [9.17, 15) is 9.18 Å². The maximum absolute atomic E-state index is 13.8. The number of amides is 1. The number of rotatable bonds is 2. The van der Waals surface area contributed by atoms with Crippen LogP contribution in [0.2, 0.25) is 0 Å². The van der Waals surface area contributed by atoms with Crippen LogP contribution in [0, 0.1) is 12.7 Å². The summed E-state index contributed by atoms with van der Waals surface area (Å²) in [5, 5.41) is 3.01. The third kappa shape index (κ3) is 3.13. The number of likely N-dealkylation sites (tertiary alicyclic amines) is 1. The molecule has 0 spiro atoms. The van der Waals surface area contributed by atoms with Crippen LogP contribution in [-0.2, 0) is 0 Å². The van der Waals surface area contributed by atoms with Gasteiger partial charge in [0.05, 0.1) is 5.56 Å². The van der Waals surface area contributed by atoms with Crippen LogP contribution in [0.25, 0.3) is 0 Å². The monoisotopic (exact) mass is 264 g/mol. The molecule has 0 radical (unpaired) electrons. The molecule has 0 saturated carbocycles. The Hall–Kier alpha value is -1.42. The molecule has 0 aromatic heterocycles. The van der Waals surface area contributed by atoms with Crippen molar-refractivity contribution in [3.8, 4) is 0 Å². The summed E-state index contributed by atoms with van der Waals surface area (Å²) in [4.78, 5) is 14.5. The minimum Gasteiger partial charge on any atom is -0.347 e. The average Bonchev–Trinajstić information content (AvgIpc) is 2.33. The van der Waals surface area contributed by atoms with E-state index in [0.717, 1.165) is 25.9 Å². The molecule has 1 heterocycles. The van der Waals surface area contributed by atoms with Crippen LogP contribution in [0.15, 0.2) is 18.2 Å². The third-order valence-electron chi connectivity index (χ3n) is 3.95. The van der Waals surface area contributed by atoms with E-state index < -0.39 is 5.82 Å². The fourth-order valence-electron chi connectivity index (χ4n) is 2.49. The van der Waals surface area contributed by atoms with Gasteiger partial charge in [-0.3, -0.25) is 4.79 Å². The van der Waals surface area contributed by atoms with Gasteiger partial charge in [0.25, 0.3) is 5.91 Å². The molecule has 0 aliphatic carbocycles. The van der Waals surface area contributed by atoms with Crippen molar-refractivity contribution >= 4 is 5.91 Å². The summed E-state index contributed by atoms with van der Waals surface area (Å²) in [7, 11) is 2.07. The molecule has 0 unspecified atom stereocenters. The number of piperidine rings is 1. The number of aryl methyl sites for hydroxylation is 1. The van der Waals surface area contributed by atoms with E-state index in [2.05, 4.69) is 17.3 Å². The molecule has 1 amide bonds. The number of carbonyl (C=O) groups is 1. The molecular weight excluding hydrogens is 243 g/mol. The predicted octanol–water partition coefficient (Wildman–Crippen LogP) is 2.35. The Bertz CT molecular complexity index is 459. The molecule has 1 fully saturated rings. The summed E-state index contributed by atoms with van der Waals surface area (Å²) in [6.45, 7) is 5.70. The molecule has 19 heavy (non-hydrogen) atoms. The summed E-state index contributed by atoms with van der Waals surface area (Å²) in [6.07, 6.45) is 1.78. The van der Waals surface area contributed by atoms with E-state index in [1.807, 2.05) is 6.92 Å². The van der Waals surface area contributed by atoms with Gasteiger partial charge < -0.3 is 10.2 Å². The molecular formula is C15H21FN2O. The van der Waals surface area contributed by atoms with Crippen LogP contribution in [0.1, 0.15) is 35.7 Å². The Kier molecular flexibility index (Phi) is 3.90. The molecule has 2 rings (SSSR count). The lowest BCUT2D eigenvalue weighted by molar-refractivity contribution is 0.0847. The summed E-state index contributed by atoms with van der Waals surface area (Å²) >= 11 is 0. The second-order valence-corrected chi connectivity index (χ2v) is 5.75. The maximum atomic E-state index is 13.8. The van der Waals surface area contributed by atoms with Crippen molar-refractivity contribution < 1.29 is 9.18 Å². The number of hydrogen-bond donors (Lipinski definition) is 1. The van der Waals surface area contributed by atoms with Crippen molar-refractivity contribution in [2.45, 2.75) is 32.2 Å². The van der Waals surface area contributed by atoms with Gasteiger partial charge in [-0.25, -0.2) is 4.39 Å². The lowest BCUT2D eigenvalue weighted by atomic mass is 9.89. The first kappa shape index (κ1) is 14.0. The first-order valence-corrected chi connectivity index (χ1v) is 6.67. The molecule has 0 atom stereocenters. The molecule has 0 bridgehead atoms. The van der Waals surface area contributed by atoms with Gasteiger partial charge in [0.1, 0.15) is 5.82 Å². The second kappa shape index (κ2) is 5.29. The molecule has 1 aromatic carbocycles. The van der Waals surface area contributed by atoms with Gasteiger partial charge >= 0.3 is 0 Å². The van der Waals surface area contributed by atoms with E-state index in [4.69, 9.17) is 0 Å². The molecule has 3 nitrogen and oxygen atoms in total. The summed E-state index contributed by atoms with van der Waals surface area (Å²) in [5.41, 5.74) is 0.606. The Morgan fingerprint density at radius 3 is 2.58 bits per heavy atom. The van der Waals surface area contributed by atoms with Crippen LogP contribution in [0.5, 0.6) is 0 Å². The van der Waals surface area contributed by atoms with Crippen molar-refractivity contribution in [1.82, 2.24) is 10.2 Å². The standard InChI is InChI=1S/C15H21FN2O/c1-11-5-4-6-12(16)13(11)14(19)17-15(2)7-9-18(3)10-8-15/h4-6H,7-10H2,1-3H3,(H,17,19). The van der Waals surface area contributed by atoms with Crippen LogP contribution in [0.4, 0.5) is 4.39 Å². The number of nitrogens with one attached hydrogen (secondary N) is 1. The van der Waals surface area contributed by atoms with Crippen molar-refractivity contribution in [2.24, 2.45) is 0 Å². The Balaban J connectivity index is 2.13. The van der Waals surface area contributed by atoms with Gasteiger partial charge in [-0.2, -0.15) is 0 Å². The molecule has 104 valence electrons. The van der Waals surface area contributed by atoms with Crippen molar-refractivity contribution in [3.63, 3.8) is 0 Å². The highest BCUT2D eigenvalue weighted by atomic mass is 19.1. The lowest BCUT2D eigenvalue weighted by Crippen LogP contribution is -2.52. The van der Waals surface area contributed by atoms with Crippen LogP contribution < -0.4 is 5.32 Å². The topological polar surface area (TPSA) is 32.3 Å². The van der Waals surface area contributed by atoms with Gasteiger partial charge in [0, 0.05) is 18.6 Å². The van der Waals surface area contributed by atoms with Crippen LogP contribution in [0.3, 0.4) is 0 Å². The first-order chi connectivity index (χ1) is 8.91. The normalized spacial score (nSPS) is 19.2. The second-order valence-electron chi connectivity index (χ2n) is 5.75. The van der Waals surface area contributed by atoms with Crippen molar-refractivity contribution in [2.75, 3.05) is 20.1 Å². The highest BCUT2D eigenvalue weighted by Gasteiger charge is 2.31. The van der Waals surface area contributed by atoms with Gasteiger partial charge in [-0.05, 0) is 45.4 Å². The third-order valence-corrected chi connectivity index (χ3v) is 3.95. The number of halogens is 1. The lowest BCUT2D eigenvalue weighted by Gasteiger charge is -2.38. The van der Waals surface area contributed by atoms with Gasteiger partial charge in [-0.1, -0.05) is 12.1 Å². The molecule has 1 aliphatic heterocycles. The minimum atomic E-state index is -0.450. The first-order valence-electron chi connectivity index (χ1n) is 6.67. The number of benzene rings is 1. The quantitative estimate of drug-likeness (QED) is 0.889. The summed E-state index contributed by atoms with van der Waals surface area (Å²) < 4.78 is 13.8. The molecule has 1 aliphatic rings. The average molecular weight is 264 g/mol. The zero-order chi connectivity index (χ0) is 14.0. The molecule has 1 N–H and O–H groups in total. The SMILES string of the molecule is Cc1cccc(F)c1C(=O)NC1(C)CCN(C)CC1. The largest absolute Gasteiger partial charge is 0.347 e. The number of nitrogens with zero attached hydrogens (tertiary/aromatic N) is 1. The molecule has 1 saturated heterocycles. The fraction of sp³-hybridized carbons (Fsp3) is 0.533. The Labute approximate surface area is 113 Å². The minimum absolute atomic E-state index is 0.169. The zero-order valence-electron chi connectivity index (χ0n) is 11.8. The van der Waals surface area contributed by atoms with E-state index in [0.29, 0.717) is 5.56 Å². The summed E-state index contributed by atoms with van der Waals surface area (Å²) in [5.74, 6) is -0.753. The van der Waals surface area contributed by atoms with E-state index in [1.54, 1.807) is 19.1 Å². The molecule has 4 heteroatoms. The summed E-state index contributed by atoms with van der Waals surface area (Å²) in [6, 6.07) is 4.71. The van der Waals surface area contributed by atoms with E-state index >= 15 is 0 Å². The van der Waals surface area contributed by atoms with E-state index in [1.165, 1.54) is 6.07 Å². The zero-order valence-corrected chi connectivity index (χ0v) is 11.8. The highest BCUT2D eigenvalue weighted by molar-refractivity contribution is 5.96. The fourth-order valence-corrected chi connectivity index (χ4v) is 2.49. The van der Waals surface area contributed by atoms with E-state index in [-0.39, 0.29) is 17.0 Å². The number of hydrogen-bond acceptors (Lipinski definition) is 2. The van der Waals surface area contributed by atoms with Gasteiger partial charge in [0.2, 0.25) is 0 Å². The predicted molar refractivity (Wildman–Crippen MR) is 73.7 cm³/mol. The van der Waals surface area contributed by atoms with Crippen LogP contribution in [-0.4, -0.2) is 36.5 Å². The van der Waals surface area contributed by atoms with Crippen molar-refractivity contribution in [1.29, 1.82) is 0 Å². The smallest absolute Gasteiger partial charge is 0.254 e.